The fraction of sp³-hybridized carbons (Fsp3) is 0.538. The summed E-state index contributed by atoms with van der Waals surface area (Å²) in [6.45, 7) is 1.77. The van der Waals surface area contributed by atoms with Crippen molar-refractivity contribution in [3.8, 4) is 0 Å². The first-order valence-electron chi connectivity index (χ1n) is 5.60. The molecule has 1 atom stereocenters. The molecule has 0 aromatic rings. The molecule has 1 unspecified atom stereocenters. The molecule has 88 valence electrons. The molecule has 3 heteroatoms. The van der Waals surface area contributed by atoms with Crippen LogP contribution < -0.4 is 0 Å². The van der Waals surface area contributed by atoms with Gasteiger partial charge >= 0.3 is 0 Å². The number of hydrogen-bond donors (Lipinski definition) is 1. The Morgan fingerprint density at radius 3 is 2.88 bits per heavy atom. The van der Waals surface area contributed by atoms with Crippen molar-refractivity contribution in [3.05, 3.63) is 24.0 Å². The van der Waals surface area contributed by atoms with Crippen LogP contribution in [0.4, 0.5) is 0 Å². The number of nitrogens with one attached hydrogen (secondary N) is 1. The smallest absolute Gasteiger partial charge is 0.0922 e. The molecule has 0 bridgehead atoms. The summed E-state index contributed by atoms with van der Waals surface area (Å²) in [6.07, 6.45) is 8.98. The lowest BCUT2D eigenvalue weighted by Crippen LogP contribution is -2.17. The predicted molar refractivity (Wildman–Crippen MR) is 68.3 cm³/mol. The van der Waals surface area contributed by atoms with Gasteiger partial charge in [0.05, 0.1) is 12.9 Å². The minimum absolute atomic E-state index is 0.431. The van der Waals surface area contributed by atoms with Gasteiger partial charge in [-0.3, -0.25) is 4.99 Å². The van der Waals surface area contributed by atoms with Gasteiger partial charge in [0.1, 0.15) is 0 Å². The highest BCUT2D eigenvalue weighted by Crippen LogP contribution is 2.26. The van der Waals surface area contributed by atoms with Gasteiger partial charge in [-0.05, 0) is 38.0 Å². The van der Waals surface area contributed by atoms with Gasteiger partial charge < -0.3 is 10.1 Å². The van der Waals surface area contributed by atoms with Crippen LogP contribution in [0.25, 0.3) is 0 Å². The highest BCUT2D eigenvalue weighted by Gasteiger charge is 2.19. The normalized spacial score (nSPS) is 22.1. The van der Waals surface area contributed by atoms with Crippen LogP contribution in [-0.2, 0) is 4.74 Å². The average Bonchev–Trinajstić information content (AvgIpc) is 2.30. The Morgan fingerprint density at radius 2 is 2.31 bits per heavy atom. The van der Waals surface area contributed by atoms with E-state index in [9.17, 15) is 0 Å². The van der Waals surface area contributed by atoms with E-state index < -0.39 is 0 Å². The van der Waals surface area contributed by atoms with E-state index >= 15 is 0 Å². The number of allylic oxidation sites excluding steroid dienone is 4. The number of aliphatic imine (C=N–C) groups is 1. The Bertz CT molecular complexity index is 340. The van der Waals surface area contributed by atoms with Crippen molar-refractivity contribution in [1.29, 1.82) is 5.41 Å². The molecule has 1 rings (SSSR count). The first kappa shape index (κ1) is 12.7. The molecule has 0 amide bonds. The Morgan fingerprint density at radius 1 is 1.56 bits per heavy atom. The average molecular weight is 220 g/mol. The van der Waals surface area contributed by atoms with Crippen LogP contribution in [0, 0.1) is 11.3 Å². The van der Waals surface area contributed by atoms with Gasteiger partial charge in [-0.25, -0.2) is 0 Å². The van der Waals surface area contributed by atoms with E-state index in [1.54, 1.807) is 20.1 Å². The summed E-state index contributed by atoms with van der Waals surface area (Å²) in [7, 11) is 3.53. The summed E-state index contributed by atoms with van der Waals surface area (Å²) in [6, 6.07) is 0. The van der Waals surface area contributed by atoms with Crippen molar-refractivity contribution in [2.45, 2.75) is 26.2 Å². The zero-order chi connectivity index (χ0) is 12.0. The van der Waals surface area contributed by atoms with Crippen molar-refractivity contribution in [3.63, 3.8) is 0 Å². The van der Waals surface area contributed by atoms with E-state index in [4.69, 9.17) is 10.1 Å². The van der Waals surface area contributed by atoms with Crippen molar-refractivity contribution < 1.29 is 4.74 Å². The largest absolute Gasteiger partial charge is 0.501 e. The molecular formula is C13H20N2O. The predicted octanol–water partition coefficient (Wildman–Crippen LogP) is 2.98. The zero-order valence-corrected chi connectivity index (χ0v) is 10.3. The summed E-state index contributed by atoms with van der Waals surface area (Å²) in [5, 5.41) is 7.37. The Hall–Kier alpha value is -1.38. The zero-order valence-electron chi connectivity index (χ0n) is 10.3. The quantitative estimate of drug-likeness (QED) is 0.727. The third-order valence-corrected chi connectivity index (χ3v) is 2.78. The summed E-state index contributed by atoms with van der Waals surface area (Å²) in [5.41, 5.74) is 1.62. The second-order valence-corrected chi connectivity index (χ2v) is 4.02. The molecule has 0 saturated heterocycles. The molecule has 0 fully saturated rings. The second kappa shape index (κ2) is 6.26. The van der Waals surface area contributed by atoms with Crippen LogP contribution in [0.3, 0.4) is 0 Å². The van der Waals surface area contributed by atoms with Crippen molar-refractivity contribution in [2.75, 3.05) is 14.2 Å². The Balaban J connectivity index is 2.69. The maximum absolute atomic E-state index is 7.37. The van der Waals surface area contributed by atoms with Crippen molar-refractivity contribution in [2.24, 2.45) is 10.9 Å². The summed E-state index contributed by atoms with van der Waals surface area (Å²) in [5.74, 6) is 1.48. The highest BCUT2D eigenvalue weighted by molar-refractivity contribution is 6.02. The number of ether oxygens (including phenoxy) is 1. The van der Waals surface area contributed by atoms with Crippen molar-refractivity contribution in [1.82, 2.24) is 0 Å². The van der Waals surface area contributed by atoms with Crippen LogP contribution in [0.5, 0.6) is 0 Å². The highest BCUT2D eigenvalue weighted by atomic mass is 16.5. The third kappa shape index (κ3) is 3.65. The van der Waals surface area contributed by atoms with Crippen LogP contribution in [0.1, 0.15) is 26.2 Å². The molecule has 1 N–H and O–H groups in total. The van der Waals surface area contributed by atoms with Gasteiger partial charge in [-0.15, -0.1) is 0 Å². The molecule has 0 spiro atoms. The van der Waals surface area contributed by atoms with Gasteiger partial charge in [-0.1, -0.05) is 0 Å². The third-order valence-electron chi connectivity index (χ3n) is 2.78. The SMILES string of the molecule is CN=C(/C=C\C(C)=N)C1CCC=C(OC)C1. The molecule has 0 aliphatic heterocycles. The topological polar surface area (TPSA) is 45.4 Å². The van der Waals surface area contributed by atoms with Gasteiger partial charge in [0.15, 0.2) is 0 Å². The summed E-state index contributed by atoms with van der Waals surface area (Å²) in [4.78, 5) is 4.30. The molecule has 3 nitrogen and oxygen atoms in total. The number of rotatable bonds is 4. The maximum Gasteiger partial charge on any atom is 0.0922 e. The lowest BCUT2D eigenvalue weighted by molar-refractivity contribution is 0.258. The number of methoxy groups -OCH3 is 1. The van der Waals surface area contributed by atoms with Crippen LogP contribution in [0.2, 0.25) is 0 Å². The van der Waals surface area contributed by atoms with Gasteiger partial charge in [0.25, 0.3) is 0 Å². The van der Waals surface area contributed by atoms with Gasteiger partial charge in [0.2, 0.25) is 0 Å². The van der Waals surface area contributed by atoms with E-state index in [2.05, 4.69) is 11.1 Å². The molecule has 16 heavy (non-hydrogen) atoms. The first-order chi connectivity index (χ1) is 7.67. The fourth-order valence-electron chi connectivity index (χ4n) is 1.90. The minimum Gasteiger partial charge on any atom is -0.501 e. The van der Waals surface area contributed by atoms with E-state index in [-0.39, 0.29) is 0 Å². The molecule has 0 aromatic heterocycles. The van der Waals surface area contributed by atoms with E-state index in [1.165, 1.54) is 0 Å². The number of nitrogens with zero attached hydrogens (tertiary/aromatic N) is 1. The molecule has 1 aliphatic carbocycles. The Kier molecular flexibility index (Phi) is 4.96. The second-order valence-electron chi connectivity index (χ2n) is 4.02. The maximum atomic E-state index is 7.37. The number of hydrogen-bond acceptors (Lipinski definition) is 3. The summed E-state index contributed by atoms with van der Waals surface area (Å²) < 4.78 is 5.28. The first-order valence-corrected chi connectivity index (χ1v) is 5.60. The molecule has 0 saturated carbocycles. The lowest BCUT2D eigenvalue weighted by Gasteiger charge is -2.21. The van der Waals surface area contributed by atoms with E-state index in [0.29, 0.717) is 11.6 Å². The molecule has 0 aromatic carbocycles. The molecule has 1 aliphatic rings. The lowest BCUT2D eigenvalue weighted by atomic mass is 9.88. The monoisotopic (exact) mass is 220 g/mol. The van der Waals surface area contributed by atoms with Gasteiger partial charge in [-0.2, -0.15) is 0 Å². The Labute approximate surface area is 97.4 Å². The van der Waals surface area contributed by atoms with Gasteiger partial charge in [0, 0.05) is 30.8 Å². The summed E-state index contributed by atoms with van der Waals surface area (Å²) >= 11 is 0. The van der Waals surface area contributed by atoms with Crippen LogP contribution >= 0.6 is 0 Å². The molecular weight excluding hydrogens is 200 g/mol. The van der Waals surface area contributed by atoms with Crippen LogP contribution in [-0.4, -0.2) is 25.6 Å². The standard InChI is InChI=1S/C13H20N2O/c1-10(14)7-8-13(15-2)11-5-4-6-12(9-11)16-3/h6-8,11,14H,4-5,9H2,1-3H3/b8-7-,14-10?,15-13?. The molecule has 0 radical (unpaired) electrons. The van der Waals surface area contributed by atoms with E-state index in [0.717, 1.165) is 30.7 Å². The minimum atomic E-state index is 0.431. The van der Waals surface area contributed by atoms with E-state index in [1.807, 2.05) is 13.1 Å². The van der Waals surface area contributed by atoms with Crippen LogP contribution in [0.15, 0.2) is 29.0 Å². The fourth-order valence-corrected chi connectivity index (χ4v) is 1.90. The molecule has 0 heterocycles. The van der Waals surface area contributed by atoms with Crippen molar-refractivity contribution >= 4 is 11.4 Å².